The first-order valence-electron chi connectivity index (χ1n) is 7.60. The fraction of sp³-hybridized carbons (Fsp3) is 0.562. The molecule has 122 valence electrons. The number of carbonyl (C=O) groups excluding carboxylic acids is 1. The summed E-state index contributed by atoms with van der Waals surface area (Å²) in [5.74, 6) is 0.824. The van der Waals surface area contributed by atoms with Crippen molar-refractivity contribution in [2.45, 2.75) is 12.6 Å². The lowest BCUT2D eigenvalue weighted by Gasteiger charge is -2.22. The molecule has 0 spiro atoms. The van der Waals surface area contributed by atoms with Crippen LogP contribution in [0, 0.1) is 0 Å². The molecule has 22 heavy (non-hydrogen) atoms. The third kappa shape index (κ3) is 5.63. The second-order valence-corrected chi connectivity index (χ2v) is 5.60. The number of hydrogen-bond acceptors (Lipinski definition) is 5. The molecule has 1 heterocycles. The van der Waals surface area contributed by atoms with Crippen LogP contribution in [-0.4, -0.2) is 63.9 Å². The SMILES string of the molecule is CN(C)CCOc1ccc(CNC(=O)C2COCCN2)cc1. The summed E-state index contributed by atoms with van der Waals surface area (Å²) in [4.78, 5) is 14.0. The summed E-state index contributed by atoms with van der Waals surface area (Å²) in [6.45, 7) is 3.88. The van der Waals surface area contributed by atoms with Crippen molar-refractivity contribution in [3.63, 3.8) is 0 Å². The second kappa shape index (κ2) is 8.73. The van der Waals surface area contributed by atoms with Crippen LogP contribution in [0.4, 0.5) is 0 Å². The summed E-state index contributed by atoms with van der Waals surface area (Å²) in [6.07, 6.45) is 0. The van der Waals surface area contributed by atoms with Crippen LogP contribution in [0.25, 0.3) is 0 Å². The molecule has 1 saturated heterocycles. The molecular formula is C16H25N3O3. The normalized spacial score (nSPS) is 18.2. The standard InChI is InChI=1S/C16H25N3O3/c1-19(2)8-10-22-14-5-3-13(4-6-14)11-18-16(20)15-12-21-9-7-17-15/h3-6,15,17H,7-12H2,1-2H3,(H,18,20). The lowest BCUT2D eigenvalue weighted by molar-refractivity contribution is -0.126. The van der Waals surface area contributed by atoms with Gasteiger partial charge in [-0.3, -0.25) is 4.79 Å². The summed E-state index contributed by atoms with van der Waals surface area (Å²) < 4.78 is 10.9. The molecule has 1 atom stereocenters. The minimum atomic E-state index is -0.248. The molecule has 1 aliphatic rings. The average molecular weight is 307 g/mol. The van der Waals surface area contributed by atoms with Crippen molar-refractivity contribution in [2.75, 3.05) is 47.0 Å². The first-order valence-corrected chi connectivity index (χ1v) is 7.60. The Morgan fingerprint density at radius 3 is 2.82 bits per heavy atom. The van der Waals surface area contributed by atoms with Crippen molar-refractivity contribution >= 4 is 5.91 Å². The Hall–Kier alpha value is -1.63. The summed E-state index contributed by atoms with van der Waals surface area (Å²) in [5, 5.41) is 6.05. The monoisotopic (exact) mass is 307 g/mol. The molecule has 2 N–H and O–H groups in total. The molecule has 0 aliphatic carbocycles. The van der Waals surface area contributed by atoms with Gasteiger partial charge in [0.05, 0.1) is 13.2 Å². The summed E-state index contributed by atoms with van der Waals surface area (Å²) in [6, 6.07) is 7.55. The smallest absolute Gasteiger partial charge is 0.239 e. The highest BCUT2D eigenvalue weighted by molar-refractivity contribution is 5.81. The van der Waals surface area contributed by atoms with Gasteiger partial charge in [0.25, 0.3) is 0 Å². The van der Waals surface area contributed by atoms with E-state index in [4.69, 9.17) is 9.47 Å². The van der Waals surface area contributed by atoms with Crippen LogP contribution < -0.4 is 15.4 Å². The Morgan fingerprint density at radius 1 is 1.41 bits per heavy atom. The molecule has 6 nitrogen and oxygen atoms in total. The van der Waals surface area contributed by atoms with Gasteiger partial charge < -0.3 is 25.0 Å². The number of amides is 1. The van der Waals surface area contributed by atoms with E-state index in [2.05, 4.69) is 15.5 Å². The number of rotatable bonds is 7. The number of hydrogen-bond donors (Lipinski definition) is 2. The molecular weight excluding hydrogens is 282 g/mol. The third-order valence-electron chi connectivity index (χ3n) is 3.44. The van der Waals surface area contributed by atoms with Gasteiger partial charge in [0.2, 0.25) is 5.91 Å². The van der Waals surface area contributed by atoms with E-state index in [1.165, 1.54) is 0 Å². The van der Waals surface area contributed by atoms with E-state index in [1.807, 2.05) is 38.4 Å². The van der Waals surface area contributed by atoms with Gasteiger partial charge in [-0.15, -0.1) is 0 Å². The number of nitrogens with one attached hydrogen (secondary N) is 2. The Labute approximate surface area is 131 Å². The van der Waals surface area contributed by atoms with Crippen molar-refractivity contribution in [3.05, 3.63) is 29.8 Å². The van der Waals surface area contributed by atoms with Gasteiger partial charge in [0.15, 0.2) is 0 Å². The maximum Gasteiger partial charge on any atom is 0.239 e. The molecule has 1 aliphatic heterocycles. The zero-order valence-corrected chi connectivity index (χ0v) is 13.3. The number of ether oxygens (including phenoxy) is 2. The van der Waals surface area contributed by atoms with Crippen LogP contribution in [0.3, 0.4) is 0 Å². The summed E-state index contributed by atoms with van der Waals surface area (Å²) in [7, 11) is 4.03. The molecule has 1 aromatic rings. The highest BCUT2D eigenvalue weighted by Gasteiger charge is 2.20. The summed E-state index contributed by atoms with van der Waals surface area (Å²) in [5.41, 5.74) is 1.05. The van der Waals surface area contributed by atoms with E-state index in [9.17, 15) is 4.79 Å². The van der Waals surface area contributed by atoms with E-state index >= 15 is 0 Å². The molecule has 1 unspecified atom stereocenters. The minimum Gasteiger partial charge on any atom is -0.492 e. The molecule has 2 rings (SSSR count). The van der Waals surface area contributed by atoms with Crippen molar-refractivity contribution in [3.8, 4) is 5.75 Å². The maximum absolute atomic E-state index is 12.0. The number of nitrogens with zero attached hydrogens (tertiary/aromatic N) is 1. The zero-order chi connectivity index (χ0) is 15.8. The fourth-order valence-electron chi connectivity index (χ4n) is 2.10. The molecule has 0 radical (unpaired) electrons. The van der Waals surface area contributed by atoms with Crippen LogP contribution >= 0.6 is 0 Å². The van der Waals surface area contributed by atoms with Crippen molar-refractivity contribution < 1.29 is 14.3 Å². The predicted octanol–water partition coefficient (Wildman–Crippen LogP) is 0.232. The second-order valence-electron chi connectivity index (χ2n) is 5.60. The molecule has 1 aromatic carbocycles. The largest absolute Gasteiger partial charge is 0.492 e. The summed E-state index contributed by atoms with van der Waals surface area (Å²) >= 11 is 0. The van der Waals surface area contributed by atoms with Crippen LogP contribution in [0.1, 0.15) is 5.56 Å². The van der Waals surface area contributed by atoms with E-state index in [-0.39, 0.29) is 11.9 Å². The Morgan fingerprint density at radius 2 is 2.18 bits per heavy atom. The highest BCUT2D eigenvalue weighted by atomic mass is 16.5. The van der Waals surface area contributed by atoms with Gasteiger partial charge >= 0.3 is 0 Å². The van der Waals surface area contributed by atoms with Crippen LogP contribution in [-0.2, 0) is 16.1 Å². The van der Waals surface area contributed by atoms with E-state index < -0.39 is 0 Å². The Balaban J connectivity index is 1.72. The number of carbonyl (C=O) groups is 1. The number of benzene rings is 1. The van der Waals surface area contributed by atoms with E-state index in [0.717, 1.165) is 24.4 Å². The minimum absolute atomic E-state index is 0.0222. The predicted molar refractivity (Wildman–Crippen MR) is 84.9 cm³/mol. The van der Waals surface area contributed by atoms with Gasteiger partial charge in [-0.1, -0.05) is 12.1 Å². The topological polar surface area (TPSA) is 62.8 Å². The highest BCUT2D eigenvalue weighted by Crippen LogP contribution is 2.12. The first kappa shape index (κ1) is 16.7. The van der Waals surface area contributed by atoms with E-state index in [0.29, 0.717) is 26.4 Å². The van der Waals surface area contributed by atoms with E-state index in [1.54, 1.807) is 0 Å². The quantitative estimate of drug-likeness (QED) is 0.755. The number of likely N-dealkylation sites (N-methyl/N-ethyl adjacent to an activating group) is 1. The molecule has 1 amide bonds. The maximum atomic E-state index is 12.0. The van der Waals surface area contributed by atoms with Crippen LogP contribution in [0.5, 0.6) is 5.75 Å². The number of morpholine rings is 1. The van der Waals surface area contributed by atoms with Crippen molar-refractivity contribution in [1.82, 2.24) is 15.5 Å². The average Bonchev–Trinajstić information content (AvgIpc) is 2.54. The van der Waals surface area contributed by atoms with Crippen LogP contribution in [0.2, 0.25) is 0 Å². The lowest BCUT2D eigenvalue weighted by Crippen LogP contribution is -2.51. The first-order chi connectivity index (χ1) is 10.6. The molecule has 6 heteroatoms. The zero-order valence-electron chi connectivity index (χ0n) is 13.3. The van der Waals surface area contributed by atoms with Crippen LogP contribution in [0.15, 0.2) is 24.3 Å². The Bertz CT molecular complexity index is 456. The fourth-order valence-corrected chi connectivity index (χ4v) is 2.10. The third-order valence-corrected chi connectivity index (χ3v) is 3.44. The molecule has 0 saturated carbocycles. The van der Waals surface area contributed by atoms with Crippen molar-refractivity contribution in [2.24, 2.45) is 0 Å². The van der Waals surface area contributed by atoms with Gasteiger partial charge in [-0.2, -0.15) is 0 Å². The van der Waals surface area contributed by atoms with Gasteiger partial charge in [0, 0.05) is 19.6 Å². The molecule has 0 bridgehead atoms. The Kier molecular flexibility index (Phi) is 6.64. The lowest BCUT2D eigenvalue weighted by atomic mass is 10.2. The van der Waals surface area contributed by atoms with Gasteiger partial charge in [-0.05, 0) is 31.8 Å². The molecule has 1 fully saturated rings. The van der Waals surface area contributed by atoms with Gasteiger partial charge in [-0.25, -0.2) is 0 Å². The van der Waals surface area contributed by atoms with Gasteiger partial charge in [0.1, 0.15) is 18.4 Å². The molecule has 0 aromatic heterocycles. The van der Waals surface area contributed by atoms with Crippen molar-refractivity contribution in [1.29, 1.82) is 0 Å².